The Morgan fingerprint density at radius 1 is 0.964 bits per heavy atom. The number of likely N-dealkylation sites (tertiary alicyclic amines) is 2. The molecule has 2 amide bonds. The van der Waals surface area contributed by atoms with E-state index < -0.39 is 0 Å². The Balaban J connectivity index is 1.34. The van der Waals surface area contributed by atoms with Crippen molar-refractivity contribution in [1.29, 1.82) is 0 Å². The zero-order chi connectivity index (χ0) is 19.4. The molecule has 2 aliphatic heterocycles. The van der Waals surface area contributed by atoms with Gasteiger partial charge in [0.05, 0.1) is 11.5 Å². The Morgan fingerprint density at radius 3 is 2.21 bits per heavy atom. The highest BCUT2D eigenvalue weighted by Gasteiger charge is 2.62. The molecule has 0 bridgehead atoms. The monoisotopic (exact) mass is 380 g/mol. The van der Waals surface area contributed by atoms with Crippen LogP contribution in [-0.4, -0.2) is 40.7 Å². The molecule has 2 saturated heterocycles. The topological polar surface area (TPSA) is 40.6 Å². The Kier molecular flexibility index (Phi) is 4.29. The van der Waals surface area contributed by atoms with Crippen molar-refractivity contribution in [3.05, 3.63) is 35.9 Å². The Bertz CT molecular complexity index is 756. The van der Waals surface area contributed by atoms with Crippen LogP contribution in [0.1, 0.15) is 76.3 Å². The van der Waals surface area contributed by atoms with E-state index >= 15 is 0 Å². The first-order valence-electron chi connectivity index (χ1n) is 11.2. The highest BCUT2D eigenvalue weighted by atomic mass is 16.2. The van der Waals surface area contributed by atoms with Gasteiger partial charge in [0.15, 0.2) is 0 Å². The van der Waals surface area contributed by atoms with Crippen LogP contribution in [0.2, 0.25) is 0 Å². The molecule has 150 valence electrons. The summed E-state index contributed by atoms with van der Waals surface area (Å²) in [5.41, 5.74) is 1.06. The van der Waals surface area contributed by atoms with Gasteiger partial charge in [0.1, 0.15) is 0 Å². The van der Waals surface area contributed by atoms with Crippen LogP contribution < -0.4 is 0 Å². The summed E-state index contributed by atoms with van der Waals surface area (Å²) >= 11 is 0. The van der Waals surface area contributed by atoms with E-state index in [1.54, 1.807) is 0 Å². The Labute approximate surface area is 168 Å². The van der Waals surface area contributed by atoms with Crippen molar-refractivity contribution in [2.45, 2.75) is 76.8 Å². The third kappa shape index (κ3) is 2.71. The molecule has 4 aliphatic rings. The Morgan fingerprint density at radius 2 is 1.61 bits per heavy atom. The molecule has 2 heterocycles. The fourth-order valence-electron chi connectivity index (χ4n) is 5.98. The fraction of sp³-hybridized carbons (Fsp3) is 0.667. The number of benzene rings is 1. The summed E-state index contributed by atoms with van der Waals surface area (Å²) in [6.07, 6.45) is 9.61. The van der Waals surface area contributed by atoms with Gasteiger partial charge in [0.25, 0.3) is 0 Å². The molecule has 28 heavy (non-hydrogen) atoms. The van der Waals surface area contributed by atoms with Crippen molar-refractivity contribution in [2.75, 3.05) is 13.1 Å². The predicted octanol–water partition coefficient (Wildman–Crippen LogP) is 4.31. The summed E-state index contributed by atoms with van der Waals surface area (Å²) in [5, 5.41) is 0. The van der Waals surface area contributed by atoms with Gasteiger partial charge < -0.3 is 9.80 Å². The second kappa shape index (κ2) is 6.60. The summed E-state index contributed by atoms with van der Waals surface area (Å²) in [5.74, 6) is 0.726. The third-order valence-electron chi connectivity index (χ3n) is 7.98. The number of rotatable bonds is 3. The quantitative estimate of drug-likeness (QED) is 0.733. The lowest BCUT2D eigenvalue weighted by Gasteiger charge is -2.61. The van der Waals surface area contributed by atoms with Gasteiger partial charge >= 0.3 is 0 Å². The second-order valence-corrected chi connectivity index (χ2v) is 9.83. The highest BCUT2D eigenvalue weighted by molar-refractivity contribution is 5.91. The van der Waals surface area contributed by atoms with Gasteiger partial charge in [0.2, 0.25) is 11.8 Å². The standard InChI is InChI=1S/C24H32N2O2/c1-23(14-15-23)21(27)25-16-10-19(11-17-25)26-20(18-8-4-2-5-9-18)24(22(26)28)12-6-3-7-13-24/h2,4-5,8-9,19-20H,3,6-7,10-17H2,1H3. The molecular formula is C24H32N2O2. The largest absolute Gasteiger partial charge is 0.342 e. The van der Waals surface area contributed by atoms with Gasteiger partial charge in [-0.3, -0.25) is 9.59 Å². The molecule has 0 N–H and O–H groups in total. The lowest BCUT2D eigenvalue weighted by atomic mass is 9.59. The number of hydrogen-bond acceptors (Lipinski definition) is 2. The number of carbonyl (C=O) groups is 2. The highest BCUT2D eigenvalue weighted by Crippen LogP contribution is 2.59. The van der Waals surface area contributed by atoms with Crippen LogP contribution in [0, 0.1) is 10.8 Å². The van der Waals surface area contributed by atoms with Crippen molar-refractivity contribution >= 4 is 11.8 Å². The van der Waals surface area contributed by atoms with E-state index in [4.69, 9.17) is 0 Å². The molecule has 2 saturated carbocycles. The molecule has 1 spiro atoms. The number of amides is 2. The minimum Gasteiger partial charge on any atom is -0.342 e. The van der Waals surface area contributed by atoms with Gasteiger partial charge in [-0.25, -0.2) is 0 Å². The van der Waals surface area contributed by atoms with Crippen LogP contribution in [0.25, 0.3) is 0 Å². The van der Waals surface area contributed by atoms with E-state index in [1.165, 1.54) is 24.8 Å². The first-order valence-corrected chi connectivity index (χ1v) is 11.2. The van der Waals surface area contributed by atoms with E-state index in [2.05, 4.69) is 47.1 Å². The number of nitrogens with zero attached hydrogens (tertiary/aromatic N) is 2. The maximum Gasteiger partial charge on any atom is 0.232 e. The number of piperidine rings is 1. The van der Waals surface area contributed by atoms with Crippen LogP contribution in [0.3, 0.4) is 0 Å². The van der Waals surface area contributed by atoms with Crippen molar-refractivity contribution < 1.29 is 9.59 Å². The van der Waals surface area contributed by atoms with E-state index in [-0.39, 0.29) is 22.9 Å². The summed E-state index contributed by atoms with van der Waals surface area (Å²) in [7, 11) is 0. The molecule has 1 aromatic rings. The zero-order valence-electron chi connectivity index (χ0n) is 17.0. The van der Waals surface area contributed by atoms with Gasteiger partial charge in [-0.1, -0.05) is 56.5 Å². The molecule has 5 rings (SSSR count). The number of carbonyl (C=O) groups excluding carboxylic acids is 2. The van der Waals surface area contributed by atoms with Crippen molar-refractivity contribution in [2.24, 2.45) is 10.8 Å². The average molecular weight is 381 g/mol. The molecule has 1 aromatic carbocycles. The van der Waals surface area contributed by atoms with Crippen LogP contribution >= 0.6 is 0 Å². The number of β-lactam (4-membered cyclic amide) rings is 1. The molecule has 2 aliphatic carbocycles. The van der Waals surface area contributed by atoms with Crippen LogP contribution in [0.15, 0.2) is 30.3 Å². The van der Waals surface area contributed by atoms with E-state index in [0.29, 0.717) is 11.8 Å². The SMILES string of the molecule is CC1(C(=O)N2CCC(N3C(=O)C4(CCCCC4)C3c3ccccc3)CC2)CC1. The zero-order valence-corrected chi connectivity index (χ0v) is 17.0. The molecule has 4 nitrogen and oxygen atoms in total. The fourth-order valence-corrected chi connectivity index (χ4v) is 5.98. The molecule has 4 heteroatoms. The van der Waals surface area contributed by atoms with Gasteiger partial charge in [0, 0.05) is 24.5 Å². The normalized spacial score (nSPS) is 28.9. The maximum atomic E-state index is 13.5. The maximum absolute atomic E-state index is 13.5. The molecule has 1 unspecified atom stereocenters. The smallest absolute Gasteiger partial charge is 0.232 e. The van der Waals surface area contributed by atoms with Crippen molar-refractivity contribution in [1.82, 2.24) is 9.80 Å². The van der Waals surface area contributed by atoms with Crippen molar-refractivity contribution in [3.8, 4) is 0 Å². The van der Waals surface area contributed by atoms with Crippen LogP contribution in [0.4, 0.5) is 0 Å². The second-order valence-electron chi connectivity index (χ2n) is 9.83. The van der Waals surface area contributed by atoms with Gasteiger partial charge in [-0.2, -0.15) is 0 Å². The molecule has 0 aromatic heterocycles. The number of hydrogen-bond donors (Lipinski definition) is 0. The first-order chi connectivity index (χ1) is 13.6. The minimum absolute atomic E-state index is 0.0852. The van der Waals surface area contributed by atoms with E-state index in [1.807, 2.05) is 0 Å². The summed E-state index contributed by atoms with van der Waals surface area (Å²) < 4.78 is 0. The first kappa shape index (κ1) is 18.2. The molecule has 4 fully saturated rings. The van der Waals surface area contributed by atoms with Crippen LogP contribution in [-0.2, 0) is 9.59 Å². The van der Waals surface area contributed by atoms with Crippen LogP contribution in [0.5, 0.6) is 0 Å². The third-order valence-corrected chi connectivity index (χ3v) is 7.98. The van der Waals surface area contributed by atoms with Crippen molar-refractivity contribution in [3.63, 3.8) is 0 Å². The summed E-state index contributed by atoms with van der Waals surface area (Å²) in [4.78, 5) is 30.4. The average Bonchev–Trinajstić information content (AvgIpc) is 3.51. The lowest BCUT2D eigenvalue weighted by molar-refractivity contribution is -0.187. The summed E-state index contributed by atoms with van der Waals surface area (Å²) in [6.45, 7) is 3.70. The Hall–Kier alpha value is -1.84. The van der Waals surface area contributed by atoms with E-state index in [0.717, 1.165) is 51.6 Å². The van der Waals surface area contributed by atoms with Gasteiger partial charge in [-0.15, -0.1) is 0 Å². The molecular weight excluding hydrogens is 348 g/mol. The molecule has 0 radical (unpaired) electrons. The minimum atomic E-state index is -0.159. The van der Waals surface area contributed by atoms with E-state index in [9.17, 15) is 9.59 Å². The predicted molar refractivity (Wildman–Crippen MR) is 108 cm³/mol. The summed E-state index contributed by atoms with van der Waals surface area (Å²) in [6, 6.07) is 11.2. The molecule has 1 atom stereocenters. The van der Waals surface area contributed by atoms with Gasteiger partial charge in [-0.05, 0) is 44.1 Å². The lowest BCUT2D eigenvalue weighted by Crippen LogP contribution is -2.68.